The molecule has 0 aliphatic carbocycles. The van der Waals surface area contributed by atoms with Crippen LogP contribution < -0.4 is 15.6 Å². The van der Waals surface area contributed by atoms with Gasteiger partial charge in [0.1, 0.15) is 21.6 Å². The van der Waals surface area contributed by atoms with Gasteiger partial charge in [0, 0.05) is 12.2 Å². The zero-order valence-electron chi connectivity index (χ0n) is 18.8. The summed E-state index contributed by atoms with van der Waals surface area (Å²) in [6, 6.07) is 12.3. The second-order valence-electron chi connectivity index (χ2n) is 8.17. The van der Waals surface area contributed by atoms with Crippen LogP contribution in [0.15, 0.2) is 57.3 Å². The number of fused-ring (bicyclic) bond motifs is 2. The average molecular weight is 514 g/mol. The number of ether oxygens (including phenoxy) is 1. The first-order valence-electron chi connectivity index (χ1n) is 10.8. The fraction of sp³-hybridized carbons (Fsp3) is 0.200. The van der Waals surface area contributed by atoms with Crippen LogP contribution in [0.2, 0.25) is 0 Å². The van der Waals surface area contributed by atoms with Gasteiger partial charge in [-0.05, 0) is 67.8 Å². The van der Waals surface area contributed by atoms with Gasteiger partial charge in [0.05, 0.1) is 17.0 Å². The van der Waals surface area contributed by atoms with Crippen LogP contribution in [0.1, 0.15) is 31.7 Å². The molecule has 1 amide bonds. The molecule has 10 heteroatoms. The van der Waals surface area contributed by atoms with Crippen molar-refractivity contribution < 1.29 is 19.4 Å². The summed E-state index contributed by atoms with van der Waals surface area (Å²) >= 11 is 11.3. The molecule has 0 atom stereocenters. The lowest BCUT2D eigenvalue weighted by molar-refractivity contribution is -0.132. The topological polar surface area (TPSA) is 111 Å². The van der Waals surface area contributed by atoms with E-state index in [0.29, 0.717) is 29.7 Å². The van der Waals surface area contributed by atoms with Gasteiger partial charge in [0.15, 0.2) is 0 Å². The molecule has 4 rings (SSSR count). The Morgan fingerprint density at radius 3 is 2.66 bits per heavy atom. The van der Waals surface area contributed by atoms with E-state index in [-0.39, 0.29) is 17.4 Å². The molecule has 0 spiro atoms. The van der Waals surface area contributed by atoms with Crippen LogP contribution in [-0.2, 0) is 16.1 Å². The lowest BCUT2D eigenvalue weighted by Crippen LogP contribution is -2.21. The van der Waals surface area contributed by atoms with Crippen LogP contribution in [0.3, 0.4) is 0 Å². The lowest BCUT2D eigenvalue weighted by atomic mass is 10.1. The van der Waals surface area contributed by atoms with Gasteiger partial charge in [-0.25, -0.2) is 9.78 Å². The molecule has 1 aromatic heterocycles. The first-order chi connectivity index (χ1) is 16.6. The molecule has 3 aromatic rings. The molecule has 0 unspecified atom stereocenters. The lowest BCUT2D eigenvalue weighted by Gasteiger charge is -2.10. The van der Waals surface area contributed by atoms with Crippen molar-refractivity contribution in [3.63, 3.8) is 0 Å². The normalized spacial score (nSPS) is 14.7. The summed E-state index contributed by atoms with van der Waals surface area (Å²) in [4.78, 5) is 40.9. The fourth-order valence-corrected chi connectivity index (χ4v) is 3.98. The minimum absolute atomic E-state index is 0.0527. The van der Waals surface area contributed by atoms with Crippen LogP contribution in [0.25, 0.3) is 22.6 Å². The molecule has 0 saturated heterocycles. The van der Waals surface area contributed by atoms with Crippen molar-refractivity contribution in [1.82, 2.24) is 9.55 Å². The third-order valence-electron chi connectivity index (χ3n) is 5.26. The molecule has 0 fully saturated rings. The summed E-state index contributed by atoms with van der Waals surface area (Å²) in [5, 5.41) is 10.3. The summed E-state index contributed by atoms with van der Waals surface area (Å²) in [5.74, 6) is -1.10. The van der Waals surface area contributed by atoms with Crippen molar-refractivity contribution in [2.75, 3.05) is 5.32 Å². The number of allylic oxidation sites excluding steroid dienone is 1. The number of hydrogen-bond donors (Lipinski definition) is 2. The molecule has 8 nitrogen and oxygen atoms in total. The zero-order valence-corrected chi connectivity index (χ0v) is 20.4. The first-order valence-corrected chi connectivity index (χ1v) is 11.5. The van der Waals surface area contributed by atoms with Crippen molar-refractivity contribution >= 4 is 63.3 Å². The van der Waals surface area contributed by atoms with Gasteiger partial charge in [-0.3, -0.25) is 14.2 Å². The van der Waals surface area contributed by atoms with E-state index in [1.165, 1.54) is 12.1 Å². The SMILES string of the molecule is CC(C)Oc1cccc(C=C2CCn3c2nc2cc(NC(=O)/C(Cl)=C(/Cl)C(=O)O)ccc2c3=O)c1. The van der Waals surface area contributed by atoms with E-state index in [1.54, 1.807) is 10.6 Å². The quantitative estimate of drug-likeness (QED) is 0.456. The van der Waals surface area contributed by atoms with Crippen molar-refractivity contribution in [3.05, 3.63) is 74.3 Å². The van der Waals surface area contributed by atoms with Gasteiger partial charge < -0.3 is 15.2 Å². The van der Waals surface area contributed by atoms with Crippen LogP contribution in [0.4, 0.5) is 5.69 Å². The molecule has 0 radical (unpaired) electrons. The molecule has 1 aliphatic heterocycles. The number of aliphatic carboxylic acids is 1. The number of carboxylic acid groups (broad SMARTS) is 1. The highest BCUT2D eigenvalue weighted by molar-refractivity contribution is 6.54. The Balaban J connectivity index is 1.70. The number of halogens is 2. The number of rotatable bonds is 6. The van der Waals surface area contributed by atoms with Crippen molar-refractivity contribution in [3.8, 4) is 5.75 Å². The van der Waals surface area contributed by atoms with E-state index >= 15 is 0 Å². The molecule has 180 valence electrons. The van der Waals surface area contributed by atoms with Gasteiger partial charge >= 0.3 is 5.97 Å². The Hall–Kier alpha value is -3.62. The van der Waals surface area contributed by atoms with E-state index in [4.69, 9.17) is 33.0 Å². The van der Waals surface area contributed by atoms with Gasteiger partial charge in [0.2, 0.25) is 0 Å². The molecule has 0 saturated carbocycles. The molecule has 2 heterocycles. The Labute approximate surface area is 210 Å². The van der Waals surface area contributed by atoms with E-state index in [2.05, 4.69) is 10.3 Å². The van der Waals surface area contributed by atoms with Crippen LogP contribution in [-0.4, -0.2) is 32.6 Å². The van der Waals surface area contributed by atoms with Crippen molar-refractivity contribution in [1.29, 1.82) is 0 Å². The molecule has 2 N–H and O–H groups in total. The summed E-state index contributed by atoms with van der Waals surface area (Å²) in [7, 11) is 0. The smallest absolute Gasteiger partial charge is 0.349 e. The molecule has 0 bridgehead atoms. The number of carboxylic acids is 1. The number of aromatic nitrogens is 2. The van der Waals surface area contributed by atoms with Crippen molar-refractivity contribution in [2.24, 2.45) is 0 Å². The van der Waals surface area contributed by atoms with E-state index in [1.807, 2.05) is 44.2 Å². The van der Waals surface area contributed by atoms with E-state index < -0.39 is 21.9 Å². The number of anilines is 1. The molecule has 1 aliphatic rings. The second kappa shape index (κ2) is 9.93. The predicted molar refractivity (Wildman–Crippen MR) is 136 cm³/mol. The Morgan fingerprint density at radius 1 is 1.17 bits per heavy atom. The third-order valence-corrected chi connectivity index (χ3v) is 6.06. The largest absolute Gasteiger partial charge is 0.491 e. The number of carbonyl (C=O) groups excluding carboxylic acids is 1. The first kappa shape index (κ1) is 24.5. The Bertz CT molecular complexity index is 1470. The number of nitrogens with one attached hydrogen (secondary N) is 1. The fourth-order valence-electron chi connectivity index (χ4n) is 3.76. The number of hydrogen-bond acceptors (Lipinski definition) is 5. The third kappa shape index (κ3) is 5.23. The summed E-state index contributed by atoms with van der Waals surface area (Å²) in [6.07, 6.45) is 2.68. The highest BCUT2D eigenvalue weighted by Gasteiger charge is 2.22. The standard InChI is InChI=1S/C25H21Cl2N3O5/c1-13(2)35-17-5-3-4-14(11-17)10-15-8-9-30-22(15)29-19-12-16(6-7-18(19)24(30)32)28-23(31)20(26)21(27)25(33)34/h3-7,10-13H,8-9H2,1-2H3,(H,28,31)(H,33,34)/b15-10?,21-20-. The monoisotopic (exact) mass is 513 g/mol. The molecule has 2 aromatic carbocycles. The van der Waals surface area contributed by atoms with Crippen molar-refractivity contribution in [2.45, 2.75) is 32.9 Å². The maximum atomic E-state index is 13.1. The zero-order chi connectivity index (χ0) is 25.3. The van der Waals surface area contributed by atoms with E-state index in [9.17, 15) is 14.4 Å². The average Bonchev–Trinajstić information content (AvgIpc) is 3.20. The number of nitrogens with zero attached hydrogens (tertiary/aromatic N) is 2. The Kier molecular flexibility index (Phi) is 6.95. The van der Waals surface area contributed by atoms with Gasteiger partial charge in [-0.15, -0.1) is 0 Å². The Morgan fingerprint density at radius 2 is 1.94 bits per heavy atom. The van der Waals surface area contributed by atoms with Gasteiger partial charge in [0.25, 0.3) is 11.5 Å². The molecule has 35 heavy (non-hydrogen) atoms. The summed E-state index contributed by atoms with van der Waals surface area (Å²) in [5.41, 5.74) is 2.32. The number of amides is 1. The predicted octanol–water partition coefficient (Wildman–Crippen LogP) is 4.84. The second-order valence-corrected chi connectivity index (χ2v) is 8.93. The molecular formula is C25H21Cl2N3O5. The summed E-state index contributed by atoms with van der Waals surface area (Å²) < 4.78 is 7.40. The van der Waals surface area contributed by atoms with Crippen LogP contribution in [0, 0.1) is 0 Å². The molecular weight excluding hydrogens is 493 g/mol. The van der Waals surface area contributed by atoms with Crippen LogP contribution in [0.5, 0.6) is 5.75 Å². The van der Waals surface area contributed by atoms with Gasteiger partial charge in [-0.2, -0.15) is 0 Å². The van der Waals surface area contributed by atoms with Crippen LogP contribution >= 0.6 is 23.2 Å². The highest BCUT2D eigenvalue weighted by atomic mass is 35.5. The maximum Gasteiger partial charge on any atom is 0.349 e. The van der Waals surface area contributed by atoms with E-state index in [0.717, 1.165) is 16.9 Å². The maximum absolute atomic E-state index is 13.1. The van der Waals surface area contributed by atoms with Gasteiger partial charge in [-0.1, -0.05) is 35.3 Å². The summed E-state index contributed by atoms with van der Waals surface area (Å²) in [6.45, 7) is 4.43. The number of carbonyl (C=O) groups is 2. The minimum atomic E-state index is -1.52. The highest BCUT2D eigenvalue weighted by Crippen LogP contribution is 2.29. The number of benzene rings is 2. The minimum Gasteiger partial charge on any atom is -0.491 e.